The molecule has 27 heavy (non-hydrogen) atoms. The first kappa shape index (κ1) is 19.3. The van der Waals surface area contributed by atoms with Gasteiger partial charge < -0.3 is 14.4 Å². The Morgan fingerprint density at radius 2 is 1.85 bits per heavy atom. The Balaban J connectivity index is 2.10. The van der Waals surface area contributed by atoms with Crippen LogP contribution in [0.3, 0.4) is 0 Å². The Labute approximate surface area is 160 Å². The van der Waals surface area contributed by atoms with Crippen LogP contribution in [0, 0.1) is 5.92 Å². The van der Waals surface area contributed by atoms with E-state index >= 15 is 0 Å². The number of rotatable bonds is 6. The van der Waals surface area contributed by atoms with Crippen LogP contribution in [0.25, 0.3) is 5.57 Å². The van der Waals surface area contributed by atoms with Gasteiger partial charge in [0.05, 0.1) is 19.8 Å². The summed E-state index contributed by atoms with van der Waals surface area (Å²) in [4.78, 5) is 29.7. The van der Waals surface area contributed by atoms with E-state index in [0.29, 0.717) is 40.8 Å². The highest BCUT2D eigenvalue weighted by Gasteiger charge is 2.41. The largest absolute Gasteiger partial charge is 0.493 e. The van der Waals surface area contributed by atoms with Crippen LogP contribution in [0.1, 0.15) is 38.7 Å². The average Bonchev–Trinajstić information content (AvgIpc) is 2.92. The van der Waals surface area contributed by atoms with Crippen molar-refractivity contribution in [2.45, 2.75) is 33.1 Å². The van der Waals surface area contributed by atoms with Gasteiger partial charge in [0, 0.05) is 19.6 Å². The SMILES string of the molecule is CCCN1C(=O)C(c2ccc(OC)c(OC)c2)=C(N2CCCC(C)C2)C1=O. The molecule has 0 bridgehead atoms. The number of hydrogen-bond donors (Lipinski definition) is 0. The fourth-order valence-corrected chi connectivity index (χ4v) is 3.93. The first-order valence-corrected chi connectivity index (χ1v) is 9.59. The number of piperidine rings is 1. The Morgan fingerprint density at radius 3 is 2.48 bits per heavy atom. The normalized spacial score (nSPS) is 20.5. The van der Waals surface area contributed by atoms with Gasteiger partial charge in [-0.25, -0.2) is 0 Å². The third-order valence-corrected chi connectivity index (χ3v) is 5.24. The zero-order chi connectivity index (χ0) is 19.6. The minimum Gasteiger partial charge on any atom is -0.493 e. The van der Waals surface area contributed by atoms with Crippen molar-refractivity contribution >= 4 is 17.4 Å². The third kappa shape index (κ3) is 3.53. The predicted octanol–water partition coefficient (Wildman–Crippen LogP) is 2.93. The number of benzene rings is 1. The average molecular weight is 372 g/mol. The molecule has 6 heteroatoms. The molecular formula is C21H28N2O4. The first-order valence-electron chi connectivity index (χ1n) is 9.59. The van der Waals surface area contributed by atoms with Crippen LogP contribution in [0.4, 0.5) is 0 Å². The van der Waals surface area contributed by atoms with E-state index in [4.69, 9.17) is 9.47 Å². The van der Waals surface area contributed by atoms with Gasteiger partial charge in [-0.1, -0.05) is 19.9 Å². The maximum atomic E-state index is 13.1. The Bertz CT molecular complexity index is 771. The van der Waals surface area contributed by atoms with E-state index in [2.05, 4.69) is 11.8 Å². The number of carbonyl (C=O) groups excluding carboxylic acids is 2. The minimum absolute atomic E-state index is 0.180. The molecule has 0 spiro atoms. The van der Waals surface area contributed by atoms with E-state index in [1.54, 1.807) is 26.4 Å². The maximum absolute atomic E-state index is 13.1. The number of nitrogens with zero attached hydrogens (tertiary/aromatic N) is 2. The molecule has 0 aromatic heterocycles. The molecule has 2 aliphatic heterocycles. The second-order valence-corrected chi connectivity index (χ2v) is 7.25. The Kier molecular flexibility index (Phi) is 5.73. The highest BCUT2D eigenvalue weighted by atomic mass is 16.5. The van der Waals surface area contributed by atoms with Gasteiger partial charge in [-0.05, 0) is 42.9 Å². The van der Waals surface area contributed by atoms with E-state index in [9.17, 15) is 9.59 Å². The fraction of sp³-hybridized carbons (Fsp3) is 0.524. The zero-order valence-corrected chi connectivity index (χ0v) is 16.6. The lowest BCUT2D eigenvalue weighted by molar-refractivity contribution is -0.137. The first-order chi connectivity index (χ1) is 13.0. The molecule has 0 N–H and O–H groups in total. The van der Waals surface area contributed by atoms with Gasteiger partial charge in [0.2, 0.25) is 0 Å². The van der Waals surface area contributed by atoms with Gasteiger partial charge in [-0.3, -0.25) is 14.5 Å². The van der Waals surface area contributed by atoms with Crippen molar-refractivity contribution in [2.24, 2.45) is 5.92 Å². The molecule has 1 atom stereocenters. The molecule has 2 aliphatic rings. The van der Waals surface area contributed by atoms with E-state index in [1.165, 1.54) is 4.90 Å². The molecule has 1 aromatic carbocycles. The van der Waals surface area contributed by atoms with Crippen molar-refractivity contribution in [1.29, 1.82) is 0 Å². The van der Waals surface area contributed by atoms with Gasteiger partial charge in [0.15, 0.2) is 11.5 Å². The number of likely N-dealkylation sites (tertiary alicyclic amines) is 1. The van der Waals surface area contributed by atoms with Crippen molar-refractivity contribution in [2.75, 3.05) is 33.9 Å². The van der Waals surface area contributed by atoms with Crippen molar-refractivity contribution in [1.82, 2.24) is 9.80 Å². The maximum Gasteiger partial charge on any atom is 0.277 e. The number of imide groups is 1. The smallest absolute Gasteiger partial charge is 0.277 e. The van der Waals surface area contributed by atoms with Gasteiger partial charge >= 0.3 is 0 Å². The van der Waals surface area contributed by atoms with E-state index in [1.807, 2.05) is 13.0 Å². The Hall–Kier alpha value is -2.50. The van der Waals surface area contributed by atoms with Crippen LogP contribution >= 0.6 is 0 Å². The number of methoxy groups -OCH3 is 2. The van der Waals surface area contributed by atoms with E-state index in [-0.39, 0.29) is 11.8 Å². The van der Waals surface area contributed by atoms with Crippen LogP contribution in [-0.2, 0) is 9.59 Å². The summed E-state index contributed by atoms with van der Waals surface area (Å²) in [5.41, 5.74) is 1.70. The lowest BCUT2D eigenvalue weighted by Gasteiger charge is -2.33. The summed E-state index contributed by atoms with van der Waals surface area (Å²) in [5.74, 6) is 1.24. The van der Waals surface area contributed by atoms with Gasteiger partial charge in [0.25, 0.3) is 11.8 Å². The van der Waals surface area contributed by atoms with Crippen molar-refractivity contribution < 1.29 is 19.1 Å². The van der Waals surface area contributed by atoms with Crippen LogP contribution in [0.5, 0.6) is 11.5 Å². The van der Waals surface area contributed by atoms with Crippen molar-refractivity contribution in [3.8, 4) is 11.5 Å². The number of carbonyl (C=O) groups is 2. The number of hydrogen-bond acceptors (Lipinski definition) is 5. The number of ether oxygens (including phenoxy) is 2. The molecular weight excluding hydrogens is 344 g/mol. The molecule has 0 aliphatic carbocycles. The molecule has 3 rings (SSSR count). The topological polar surface area (TPSA) is 59.1 Å². The quantitative estimate of drug-likeness (QED) is 0.719. The molecule has 0 saturated carbocycles. The molecule has 2 heterocycles. The van der Waals surface area contributed by atoms with Crippen LogP contribution in [-0.4, -0.2) is 55.5 Å². The third-order valence-electron chi connectivity index (χ3n) is 5.24. The highest BCUT2D eigenvalue weighted by molar-refractivity contribution is 6.35. The van der Waals surface area contributed by atoms with Crippen LogP contribution in [0.15, 0.2) is 23.9 Å². The molecule has 2 amide bonds. The van der Waals surface area contributed by atoms with Gasteiger partial charge in [-0.15, -0.1) is 0 Å². The molecule has 1 fully saturated rings. The standard InChI is InChI=1S/C21H28N2O4/c1-5-10-23-20(24)18(15-8-9-16(26-3)17(12-15)27-4)19(21(23)25)22-11-6-7-14(2)13-22/h8-9,12,14H,5-7,10-11,13H2,1-4H3. The lowest BCUT2D eigenvalue weighted by atomic mass is 9.97. The van der Waals surface area contributed by atoms with Crippen molar-refractivity contribution in [3.63, 3.8) is 0 Å². The molecule has 0 radical (unpaired) electrons. The molecule has 1 saturated heterocycles. The zero-order valence-electron chi connectivity index (χ0n) is 16.6. The van der Waals surface area contributed by atoms with E-state index < -0.39 is 0 Å². The van der Waals surface area contributed by atoms with Gasteiger partial charge in [-0.2, -0.15) is 0 Å². The molecule has 1 unspecified atom stereocenters. The summed E-state index contributed by atoms with van der Waals surface area (Å²) >= 11 is 0. The number of amides is 2. The Morgan fingerprint density at radius 1 is 1.11 bits per heavy atom. The monoisotopic (exact) mass is 372 g/mol. The second-order valence-electron chi connectivity index (χ2n) is 7.25. The molecule has 6 nitrogen and oxygen atoms in total. The summed E-state index contributed by atoms with van der Waals surface area (Å²) < 4.78 is 10.7. The van der Waals surface area contributed by atoms with Crippen LogP contribution in [0.2, 0.25) is 0 Å². The van der Waals surface area contributed by atoms with Crippen molar-refractivity contribution in [3.05, 3.63) is 29.5 Å². The van der Waals surface area contributed by atoms with Gasteiger partial charge in [0.1, 0.15) is 5.70 Å². The molecule has 146 valence electrons. The summed E-state index contributed by atoms with van der Waals surface area (Å²) in [5, 5.41) is 0. The highest BCUT2D eigenvalue weighted by Crippen LogP contribution is 2.37. The summed E-state index contributed by atoms with van der Waals surface area (Å²) in [6, 6.07) is 5.38. The summed E-state index contributed by atoms with van der Waals surface area (Å²) in [6.07, 6.45) is 2.91. The lowest BCUT2D eigenvalue weighted by Crippen LogP contribution is -2.39. The van der Waals surface area contributed by atoms with Crippen LogP contribution < -0.4 is 9.47 Å². The summed E-state index contributed by atoms with van der Waals surface area (Å²) in [6.45, 7) is 6.19. The molecule has 1 aromatic rings. The summed E-state index contributed by atoms with van der Waals surface area (Å²) in [7, 11) is 3.14. The second kappa shape index (κ2) is 8.03. The fourth-order valence-electron chi connectivity index (χ4n) is 3.93. The van der Waals surface area contributed by atoms with E-state index in [0.717, 1.165) is 32.4 Å². The predicted molar refractivity (Wildman–Crippen MR) is 103 cm³/mol. The minimum atomic E-state index is -0.220.